The number of methoxy groups -OCH3 is 1. The number of carbonyl (C=O) groups excluding carboxylic acids is 2. The summed E-state index contributed by atoms with van der Waals surface area (Å²) in [5, 5.41) is 6.32. The second kappa shape index (κ2) is 9.03. The maximum absolute atomic E-state index is 13.0. The Hall–Kier alpha value is -1.96. The molecule has 2 N–H and O–H groups in total. The van der Waals surface area contributed by atoms with E-state index in [9.17, 15) is 9.59 Å². The zero-order valence-electron chi connectivity index (χ0n) is 17.2. The number of piperazine rings is 1. The summed E-state index contributed by atoms with van der Waals surface area (Å²) in [5.74, 6) is 0.0834. The van der Waals surface area contributed by atoms with Crippen LogP contribution in [0.25, 0.3) is 0 Å². The van der Waals surface area contributed by atoms with Gasteiger partial charge < -0.3 is 20.3 Å². The van der Waals surface area contributed by atoms with E-state index in [1.54, 1.807) is 7.11 Å². The number of para-hydroxylation sites is 1. The number of amides is 2. The van der Waals surface area contributed by atoms with Crippen molar-refractivity contribution in [2.75, 3.05) is 58.2 Å². The van der Waals surface area contributed by atoms with Crippen LogP contribution in [0, 0.1) is 13.8 Å². The van der Waals surface area contributed by atoms with E-state index in [1.807, 2.05) is 36.9 Å². The highest BCUT2D eigenvalue weighted by atomic mass is 16.5. The first-order chi connectivity index (χ1) is 13.4. The van der Waals surface area contributed by atoms with E-state index >= 15 is 0 Å². The molecule has 154 valence electrons. The molecule has 1 aromatic rings. The number of anilines is 1. The van der Waals surface area contributed by atoms with E-state index in [2.05, 4.69) is 15.5 Å². The van der Waals surface area contributed by atoms with Gasteiger partial charge in [-0.25, -0.2) is 0 Å². The zero-order chi connectivity index (χ0) is 20.1. The Kier molecular flexibility index (Phi) is 6.69. The van der Waals surface area contributed by atoms with Gasteiger partial charge in [0.05, 0.1) is 6.54 Å². The van der Waals surface area contributed by atoms with Crippen molar-refractivity contribution >= 4 is 17.5 Å². The number of hydrogen-bond donors (Lipinski definition) is 2. The summed E-state index contributed by atoms with van der Waals surface area (Å²) in [6, 6.07) is 5.99. The first kappa shape index (κ1) is 20.8. The molecule has 0 atom stereocenters. The minimum Gasteiger partial charge on any atom is -0.368 e. The summed E-state index contributed by atoms with van der Waals surface area (Å²) in [4.78, 5) is 29.5. The third-order valence-electron chi connectivity index (χ3n) is 5.96. The normalized spacial score (nSPS) is 20.0. The van der Waals surface area contributed by atoms with Crippen LogP contribution in [0.1, 0.15) is 24.0 Å². The SMILES string of the molecule is COC1(C(=O)N2CCN(CC(=O)Nc3c(C)cccc3C)CC2)CCNCC1. The number of aryl methyl sites for hydroxylation is 2. The van der Waals surface area contributed by atoms with Gasteiger partial charge in [0.25, 0.3) is 5.91 Å². The van der Waals surface area contributed by atoms with Gasteiger partial charge in [0.1, 0.15) is 5.60 Å². The molecule has 1 aromatic carbocycles. The van der Waals surface area contributed by atoms with E-state index in [-0.39, 0.29) is 11.8 Å². The highest BCUT2D eigenvalue weighted by molar-refractivity contribution is 5.93. The average molecular weight is 389 g/mol. The molecule has 7 nitrogen and oxygen atoms in total. The van der Waals surface area contributed by atoms with E-state index in [0.717, 1.165) is 29.9 Å². The predicted octanol–water partition coefficient (Wildman–Crippen LogP) is 1.15. The standard InChI is InChI=1S/C21H32N4O3/c1-16-5-4-6-17(2)19(16)23-18(26)15-24-11-13-25(14-12-24)20(27)21(28-3)7-9-22-10-8-21/h4-6,22H,7-15H2,1-3H3,(H,23,26). The monoisotopic (exact) mass is 388 g/mol. The molecule has 3 rings (SSSR count). The van der Waals surface area contributed by atoms with Crippen molar-refractivity contribution in [2.45, 2.75) is 32.3 Å². The van der Waals surface area contributed by atoms with Crippen molar-refractivity contribution in [1.29, 1.82) is 0 Å². The summed E-state index contributed by atoms with van der Waals surface area (Å²) in [6.07, 6.45) is 1.42. The zero-order valence-corrected chi connectivity index (χ0v) is 17.2. The van der Waals surface area contributed by atoms with Crippen molar-refractivity contribution < 1.29 is 14.3 Å². The van der Waals surface area contributed by atoms with E-state index < -0.39 is 5.60 Å². The molecule has 2 amide bonds. The molecule has 2 heterocycles. The van der Waals surface area contributed by atoms with Crippen LogP contribution in [0.4, 0.5) is 5.69 Å². The lowest BCUT2D eigenvalue weighted by atomic mass is 9.90. The number of nitrogens with one attached hydrogen (secondary N) is 2. The maximum Gasteiger partial charge on any atom is 0.254 e. The predicted molar refractivity (Wildman–Crippen MR) is 109 cm³/mol. The fraction of sp³-hybridized carbons (Fsp3) is 0.619. The molecule has 2 aliphatic rings. The third kappa shape index (κ3) is 4.54. The Bertz CT molecular complexity index is 687. The van der Waals surface area contributed by atoms with Crippen LogP contribution in [0.2, 0.25) is 0 Å². The number of rotatable bonds is 5. The first-order valence-corrected chi connectivity index (χ1v) is 10.1. The Morgan fingerprint density at radius 1 is 1.11 bits per heavy atom. The molecule has 0 aromatic heterocycles. The summed E-state index contributed by atoms with van der Waals surface area (Å²) in [6.45, 7) is 8.61. The van der Waals surface area contributed by atoms with Crippen LogP contribution < -0.4 is 10.6 Å². The molecule has 0 unspecified atom stereocenters. The second-order valence-corrected chi connectivity index (χ2v) is 7.83. The van der Waals surface area contributed by atoms with Crippen LogP contribution in [0.15, 0.2) is 18.2 Å². The molecule has 2 aliphatic heterocycles. The number of benzene rings is 1. The lowest BCUT2D eigenvalue weighted by molar-refractivity contribution is -0.160. The lowest BCUT2D eigenvalue weighted by Crippen LogP contribution is -2.59. The molecule has 7 heteroatoms. The van der Waals surface area contributed by atoms with Crippen molar-refractivity contribution in [3.63, 3.8) is 0 Å². The first-order valence-electron chi connectivity index (χ1n) is 10.1. The van der Waals surface area contributed by atoms with Gasteiger partial charge in [-0.1, -0.05) is 18.2 Å². The molecular weight excluding hydrogens is 356 g/mol. The number of piperidine rings is 1. The maximum atomic E-state index is 13.0. The third-order valence-corrected chi connectivity index (χ3v) is 5.96. The highest BCUT2D eigenvalue weighted by Crippen LogP contribution is 2.26. The van der Waals surface area contributed by atoms with Crippen molar-refractivity contribution in [3.05, 3.63) is 29.3 Å². The molecule has 0 saturated carbocycles. The topological polar surface area (TPSA) is 73.9 Å². The van der Waals surface area contributed by atoms with Crippen LogP contribution in [0.3, 0.4) is 0 Å². The van der Waals surface area contributed by atoms with Crippen LogP contribution >= 0.6 is 0 Å². The molecule has 0 radical (unpaired) electrons. The van der Waals surface area contributed by atoms with Crippen molar-refractivity contribution in [3.8, 4) is 0 Å². The van der Waals surface area contributed by atoms with Gasteiger partial charge in [-0.2, -0.15) is 0 Å². The Balaban J connectivity index is 1.51. The smallest absolute Gasteiger partial charge is 0.254 e. The average Bonchev–Trinajstić information content (AvgIpc) is 2.71. The minimum absolute atomic E-state index is 0.0103. The highest BCUT2D eigenvalue weighted by Gasteiger charge is 2.43. The quantitative estimate of drug-likeness (QED) is 0.792. The van der Waals surface area contributed by atoms with Crippen molar-refractivity contribution in [1.82, 2.24) is 15.1 Å². The van der Waals surface area contributed by atoms with Crippen LogP contribution in [0.5, 0.6) is 0 Å². The largest absolute Gasteiger partial charge is 0.368 e. The van der Waals surface area contributed by atoms with Crippen molar-refractivity contribution in [2.24, 2.45) is 0 Å². The summed E-state index contributed by atoms with van der Waals surface area (Å²) in [5.41, 5.74) is 2.34. The Labute approximate surface area is 167 Å². The Morgan fingerprint density at radius 2 is 1.71 bits per heavy atom. The second-order valence-electron chi connectivity index (χ2n) is 7.83. The summed E-state index contributed by atoms with van der Waals surface area (Å²) in [7, 11) is 1.64. The van der Waals surface area contributed by atoms with Gasteiger partial charge in [0, 0.05) is 39.0 Å². The fourth-order valence-corrected chi connectivity index (χ4v) is 4.13. The fourth-order valence-electron chi connectivity index (χ4n) is 4.13. The number of nitrogens with zero attached hydrogens (tertiary/aromatic N) is 2. The van der Waals surface area contributed by atoms with E-state index in [4.69, 9.17) is 4.74 Å². The number of ether oxygens (including phenoxy) is 1. The summed E-state index contributed by atoms with van der Waals surface area (Å²) >= 11 is 0. The Morgan fingerprint density at radius 3 is 2.29 bits per heavy atom. The number of carbonyl (C=O) groups is 2. The van der Waals surface area contributed by atoms with Gasteiger partial charge in [-0.05, 0) is 50.9 Å². The molecule has 28 heavy (non-hydrogen) atoms. The molecule has 2 fully saturated rings. The molecule has 0 aliphatic carbocycles. The molecule has 2 saturated heterocycles. The van der Waals surface area contributed by atoms with Gasteiger partial charge in [0.15, 0.2) is 0 Å². The van der Waals surface area contributed by atoms with Crippen LogP contribution in [-0.2, 0) is 14.3 Å². The van der Waals surface area contributed by atoms with Gasteiger partial charge in [-0.15, -0.1) is 0 Å². The minimum atomic E-state index is -0.687. The van der Waals surface area contributed by atoms with Gasteiger partial charge in [0.2, 0.25) is 5.91 Å². The summed E-state index contributed by atoms with van der Waals surface area (Å²) < 4.78 is 5.67. The molecular formula is C21H32N4O3. The van der Waals surface area contributed by atoms with Gasteiger partial charge in [-0.3, -0.25) is 14.5 Å². The van der Waals surface area contributed by atoms with Gasteiger partial charge >= 0.3 is 0 Å². The van der Waals surface area contributed by atoms with Crippen LogP contribution in [-0.4, -0.2) is 80.1 Å². The number of hydrogen-bond acceptors (Lipinski definition) is 5. The van der Waals surface area contributed by atoms with E-state index in [0.29, 0.717) is 45.6 Å². The van der Waals surface area contributed by atoms with E-state index in [1.165, 1.54) is 0 Å². The molecule has 0 bridgehead atoms. The molecule has 0 spiro atoms. The lowest BCUT2D eigenvalue weighted by Gasteiger charge is -2.42.